The summed E-state index contributed by atoms with van der Waals surface area (Å²) in [5.74, 6) is -19.7. The number of aliphatic hydroxyl groups is 1. The monoisotopic (exact) mass is 1790 g/mol. The molecule has 125 heavy (non-hydrogen) atoms. The summed E-state index contributed by atoms with van der Waals surface area (Å²) in [6.45, 7) is 28.2. The number of fused-ring (bicyclic) bond motifs is 1. The fraction of sp³-hybridized carbons (Fsp3) is 0.707. The van der Waals surface area contributed by atoms with Crippen molar-refractivity contribution >= 4 is 130 Å². The fourth-order valence-corrected chi connectivity index (χ4v) is 14.7. The lowest BCUT2D eigenvalue weighted by Gasteiger charge is -2.39. The number of imide groups is 2. The van der Waals surface area contributed by atoms with Crippen molar-refractivity contribution in [3.63, 3.8) is 0 Å². The van der Waals surface area contributed by atoms with Crippen LogP contribution in [0.5, 0.6) is 0 Å². The molecule has 4 rings (SSSR count). The minimum Gasteiger partial charge on any atom is -0.469 e. The van der Waals surface area contributed by atoms with Gasteiger partial charge in [-0.25, -0.2) is 4.79 Å². The number of nitrogens with zero attached hydrogens (tertiary/aromatic N) is 3. The highest BCUT2D eigenvalue weighted by Gasteiger charge is 2.52. The van der Waals surface area contributed by atoms with Crippen LogP contribution in [-0.4, -0.2) is 298 Å². The Labute approximate surface area is 732 Å². The van der Waals surface area contributed by atoms with Crippen LogP contribution >= 0.6 is 11.8 Å². The smallest absolute Gasteiger partial charge is 0.328 e. The van der Waals surface area contributed by atoms with Gasteiger partial charge in [0.25, 0.3) is 23.6 Å². The molecule has 4 heterocycles. The molecule has 2 saturated heterocycles. The Morgan fingerprint density at radius 3 is 1.61 bits per heavy atom. The normalized spacial score (nSPS) is 22.3. The van der Waals surface area contributed by atoms with Gasteiger partial charge in [0.15, 0.2) is 0 Å². The molecule has 18 amide bonds. The van der Waals surface area contributed by atoms with Gasteiger partial charge < -0.3 is 98.1 Å². The topological polar surface area (TPSA) is 577 Å². The van der Waals surface area contributed by atoms with Crippen LogP contribution in [0, 0.1) is 23.2 Å². The first-order valence-electron chi connectivity index (χ1n) is 42.1. The second-order valence-corrected chi connectivity index (χ2v) is 35.3. The van der Waals surface area contributed by atoms with Crippen molar-refractivity contribution < 1.29 is 120 Å². The first-order chi connectivity index (χ1) is 58.3. The molecular weight excluding hydrogens is 1660 g/mol. The van der Waals surface area contributed by atoms with E-state index in [1.165, 1.54) is 34.6 Å². The molecule has 0 aromatic carbocycles. The number of nitrogens with one attached hydrogen (secondary N) is 14. The number of thioether (sulfide) groups is 1. The maximum atomic E-state index is 14.7. The number of hydrogen-bond acceptors (Lipinski definition) is 27. The molecule has 8 unspecified atom stereocenters. The summed E-state index contributed by atoms with van der Waals surface area (Å²) in [6.07, 6.45) is 2.35. The van der Waals surface area contributed by atoms with Crippen LogP contribution in [0.4, 0.5) is 0 Å². The Hall–Kier alpha value is -10.5. The van der Waals surface area contributed by atoms with Gasteiger partial charge >= 0.3 is 11.9 Å². The maximum absolute atomic E-state index is 14.7. The summed E-state index contributed by atoms with van der Waals surface area (Å²) >= 11 is 0.892. The van der Waals surface area contributed by atoms with Crippen molar-refractivity contribution in [2.45, 2.75) is 284 Å². The Balaban J connectivity index is 1.47. The Morgan fingerprint density at radius 2 is 1.06 bits per heavy atom. The third-order valence-electron chi connectivity index (χ3n) is 21.6. The molecular formula is C82H131N17O25S. The number of rotatable bonds is 40. The van der Waals surface area contributed by atoms with E-state index in [4.69, 9.17) is 18.9 Å². The minimum atomic E-state index is -2.13. The first kappa shape index (κ1) is 107. The molecule has 0 radical (unpaired) electrons. The van der Waals surface area contributed by atoms with Crippen LogP contribution in [0.15, 0.2) is 24.3 Å². The predicted molar refractivity (Wildman–Crippen MR) is 451 cm³/mol. The van der Waals surface area contributed by atoms with Gasteiger partial charge in [-0.3, -0.25) is 106 Å². The number of aliphatic hydroxyl groups excluding tert-OH is 1. The summed E-state index contributed by atoms with van der Waals surface area (Å²) in [5, 5.41) is 46.9. The van der Waals surface area contributed by atoms with Gasteiger partial charge in [0.1, 0.15) is 66.1 Å². The third-order valence-corrected chi connectivity index (χ3v) is 22.7. The van der Waals surface area contributed by atoms with E-state index in [-0.39, 0.29) is 70.9 Å². The van der Waals surface area contributed by atoms with Gasteiger partial charge in [-0.05, 0) is 121 Å². The van der Waals surface area contributed by atoms with Crippen LogP contribution in [0.1, 0.15) is 189 Å². The second kappa shape index (κ2) is 48.8. The van der Waals surface area contributed by atoms with Gasteiger partial charge in [0.2, 0.25) is 82.7 Å². The highest BCUT2D eigenvalue weighted by molar-refractivity contribution is 7.99. The van der Waals surface area contributed by atoms with Crippen molar-refractivity contribution in [3.8, 4) is 0 Å². The minimum absolute atomic E-state index is 0.00390. The molecule has 0 aromatic heterocycles. The lowest BCUT2D eigenvalue weighted by atomic mass is 9.88. The van der Waals surface area contributed by atoms with E-state index in [2.05, 4.69) is 74.4 Å². The van der Waals surface area contributed by atoms with Crippen molar-refractivity contribution in [3.05, 3.63) is 24.3 Å². The molecule has 42 nitrogen and oxygen atoms in total. The average Bonchev–Trinajstić information content (AvgIpc) is 1.66. The standard InChI is InChI=1S/C82H131N17O25S/c1-21-25-52-70(112)87-39-56(101)85-38-51(43(5)22-2)69(111)86-40-57(102)92-54(71(113)94-53(37-62(107)121-20)76(118)97-41-50(100)36-55(97)72(114)95-63(44(6)23-3)73(115)93-52)42-125-49(11)91-67(109)45(7)88-68(110)47(9)96-82(18,19)124-81(16,17)31-34-84-75(117)65(99-60(105)28-29-61(99)106)64(98-58(103)26-27-59(98)104)74(116)83-33-30-80(14,15)123-35-32-79(12,13)78(120)90-46(8)66(108)89-48(10)77(119)122-24-4/h26-29,43-55,63-65,96,100H,21-25,30-42H2,1-20H3,(H,83,116)(H,84,117)(H,85,101)(H,86,111)(H,87,112)(H,88,110)(H,89,108)(H,90,120)(H,91,109)(H,92,102)(H,93,115)(H,94,113)(H,95,114)/t43-,44-,45?,46?,47?,48?,49?,50+,51-,52-,53?,54-,55-,63-,64?,65?/m0/s1. The van der Waals surface area contributed by atoms with Crippen LogP contribution in [0.3, 0.4) is 0 Å². The van der Waals surface area contributed by atoms with E-state index in [1.54, 1.807) is 96.9 Å². The highest BCUT2D eigenvalue weighted by atomic mass is 32.2. The van der Waals surface area contributed by atoms with Crippen molar-refractivity contribution in [2.75, 3.05) is 65.3 Å². The fourth-order valence-electron chi connectivity index (χ4n) is 13.8. The van der Waals surface area contributed by atoms with Gasteiger partial charge in [0.05, 0.1) is 67.9 Å². The number of hydrogen-bond donors (Lipinski definition) is 15. The Bertz CT molecular complexity index is 3970. The molecule has 43 heteroatoms. The molecule has 16 atom stereocenters. The summed E-state index contributed by atoms with van der Waals surface area (Å²) < 4.78 is 22.4. The maximum Gasteiger partial charge on any atom is 0.328 e. The van der Waals surface area contributed by atoms with Crippen LogP contribution < -0.4 is 74.4 Å². The number of esters is 2. The number of ether oxygens (including phenoxy) is 4. The number of carbonyl (C=O) groups is 20. The van der Waals surface area contributed by atoms with Crippen molar-refractivity contribution in [1.29, 1.82) is 0 Å². The molecule has 0 spiro atoms. The molecule has 2 fully saturated rings. The van der Waals surface area contributed by atoms with E-state index < -0.39 is 262 Å². The van der Waals surface area contributed by atoms with E-state index in [9.17, 15) is 101 Å². The summed E-state index contributed by atoms with van der Waals surface area (Å²) in [5.41, 5.74) is -4.68. The molecule has 700 valence electrons. The lowest BCUT2D eigenvalue weighted by molar-refractivity contribution is -0.157. The van der Waals surface area contributed by atoms with E-state index in [0.29, 0.717) is 29.1 Å². The molecule has 4 aliphatic heterocycles. The van der Waals surface area contributed by atoms with Gasteiger partial charge in [-0.2, -0.15) is 0 Å². The second-order valence-electron chi connectivity index (χ2n) is 33.9. The third kappa shape index (κ3) is 33.1. The lowest BCUT2D eigenvalue weighted by Crippen LogP contribution is -2.66. The van der Waals surface area contributed by atoms with Gasteiger partial charge in [-0.1, -0.05) is 67.7 Å². The van der Waals surface area contributed by atoms with E-state index in [0.717, 1.165) is 48.1 Å². The Morgan fingerprint density at radius 1 is 0.552 bits per heavy atom. The molecule has 0 saturated carbocycles. The Kier molecular flexibility index (Phi) is 41.7. The molecule has 0 aromatic rings. The molecule has 4 aliphatic rings. The summed E-state index contributed by atoms with van der Waals surface area (Å²) in [4.78, 5) is 276. The first-order valence-corrected chi connectivity index (χ1v) is 43.2. The SMILES string of the molecule is CCC[C@@H]1NC(=O)[C@H]([C@@H](C)CC)NC(=O)[C@@H]2C[C@@H](O)CN2C(=O)C(CC(=O)OC)NC(=O)[C@H](CSC(C)NC(=O)C(C)NC(=O)C(C)NC(C)(C)OC(C)(C)CCNC(=O)C(C(C(=O)NCCC(C)(C)OCCC(C)(C)C(=O)NC(C)C(=O)NC(C)C(=O)OCC)N2C(=O)C=CC2=O)N2C(=O)C=CC2=O)NC(=O)CNC(=O)[C@H]([C@@H](C)CC)CNC(=O)CNC1=O. The van der Waals surface area contributed by atoms with Gasteiger partial charge in [-0.15, -0.1) is 11.8 Å². The molecule has 15 N–H and O–H groups in total. The van der Waals surface area contributed by atoms with Crippen LogP contribution in [0.2, 0.25) is 0 Å². The van der Waals surface area contributed by atoms with Crippen LogP contribution in [-0.2, 0) is 115 Å². The van der Waals surface area contributed by atoms with E-state index >= 15 is 0 Å². The van der Waals surface area contributed by atoms with Gasteiger partial charge in [0, 0.05) is 74.7 Å². The zero-order valence-corrected chi connectivity index (χ0v) is 76.1. The van der Waals surface area contributed by atoms with Crippen molar-refractivity contribution in [2.24, 2.45) is 23.2 Å². The summed E-state index contributed by atoms with van der Waals surface area (Å²) in [6, 6.07) is -16.0. The number of carbonyl (C=O) groups excluding carboxylic acids is 20. The zero-order chi connectivity index (χ0) is 94.5. The molecule has 0 aliphatic carbocycles. The largest absolute Gasteiger partial charge is 0.469 e. The van der Waals surface area contributed by atoms with E-state index in [1.807, 2.05) is 0 Å². The highest BCUT2D eigenvalue weighted by Crippen LogP contribution is 2.28. The predicted octanol–water partition coefficient (Wildman–Crippen LogP) is -3.09. The zero-order valence-electron chi connectivity index (χ0n) is 75.3. The average molecular weight is 1790 g/mol. The number of methoxy groups -OCH3 is 1. The number of amides is 18. The van der Waals surface area contributed by atoms with Crippen LogP contribution in [0.25, 0.3) is 0 Å². The van der Waals surface area contributed by atoms with Crippen molar-refractivity contribution in [1.82, 2.24) is 89.1 Å². The molecule has 0 bridgehead atoms. The quantitative estimate of drug-likeness (QED) is 0.0164. The summed E-state index contributed by atoms with van der Waals surface area (Å²) in [7, 11) is 1.02.